The zero-order chi connectivity index (χ0) is 26.8. The summed E-state index contributed by atoms with van der Waals surface area (Å²) in [5.41, 5.74) is 3.29. The number of hydrogen-bond donors (Lipinski definition) is 1. The first kappa shape index (κ1) is 27.5. The highest BCUT2D eigenvalue weighted by molar-refractivity contribution is 7.92. The monoisotopic (exact) mass is 525 g/mol. The van der Waals surface area contributed by atoms with Gasteiger partial charge in [-0.2, -0.15) is 5.10 Å². The molecule has 0 aliphatic carbocycles. The molecular formula is C27H31N3O6S. The van der Waals surface area contributed by atoms with Gasteiger partial charge in [-0.3, -0.25) is 9.10 Å². The van der Waals surface area contributed by atoms with Crippen LogP contribution in [0, 0.1) is 5.92 Å². The van der Waals surface area contributed by atoms with Crippen molar-refractivity contribution in [3.05, 3.63) is 78.4 Å². The number of sulfonamides is 1. The predicted octanol–water partition coefficient (Wildman–Crippen LogP) is 4.08. The van der Waals surface area contributed by atoms with Crippen molar-refractivity contribution in [1.82, 2.24) is 5.43 Å². The van der Waals surface area contributed by atoms with Crippen molar-refractivity contribution < 1.29 is 27.4 Å². The molecule has 0 aliphatic heterocycles. The fraction of sp³-hybridized carbons (Fsp3) is 0.259. The summed E-state index contributed by atoms with van der Waals surface area (Å²) in [6.07, 6.45) is 1.46. The summed E-state index contributed by atoms with van der Waals surface area (Å²) in [5, 5.41) is 3.98. The number of benzene rings is 3. The van der Waals surface area contributed by atoms with Crippen LogP contribution in [0.2, 0.25) is 0 Å². The van der Waals surface area contributed by atoms with Gasteiger partial charge in [0, 0.05) is 6.07 Å². The van der Waals surface area contributed by atoms with Crippen molar-refractivity contribution in [3.8, 4) is 17.2 Å². The summed E-state index contributed by atoms with van der Waals surface area (Å²) in [5.74, 6) is 1.18. The largest absolute Gasteiger partial charge is 0.497 e. The number of ether oxygens (including phenoxy) is 3. The van der Waals surface area contributed by atoms with Crippen molar-refractivity contribution in [2.24, 2.45) is 11.0 Å². The van der Waals surface area contributed by atoms with E-state index in [1.807, 2.05) is 12.1 Å². The van der Waals surface area contributed by atoms with Gasteiger partial charge in [0.05, 0.1) is 37.6 Å². The standard InChI is InChI=1S/C27H31N3O6S/c1-20(2)19-36-22-12-10-21(11-13-22)17-28-29-27(31)18-30(37(32,33)24-8-6-5-7-9-24)25-16-23(34-3)14-15-26(25)35-4/h5-17,20H,18-19H2,1-4H3,(H,29,31)/b28-17-. The first-order valence-electron chi connectivity index (χ1n) is 11.6. The molecule has 0 unspecified atom stereocenters. The second kappa shape index (κ2) is 12.8. The number of hydrogen-bond acceptors (Lipinski definition) is 7. The van der Waals surface area contributed by atoms with E-state index >= 15 is 0 Å². The second-order valence-corrected chi connectivity index (χ2v) is 10.3. The molecule has 10 heteroatoms. The molecule has 37 heavy (non-hydrogen) atoms. The molecule has 3 rings (SSSR count). The van der Waals surface area contributed by atoms with Crippen LogP contribution in [0.25, 0.3) is 0 Å². The number of amides is 1. The van der Waals surface area contributed by atoms with E-state index in [2.05, 4.69) is 24.4 Å². The molecule has 0 spiro atoms. The Labute approximate surface area is 217 Å². The topological polar surface area (TPSA) is 107 Å². The zero-order valence-corrected chi connectivity index (χ0v) is 22.1. The Hall–Kier alpha value is -4.05. The van der Waals surface area contributed by atoms with Gasteiger partial charge in [-0.1, -0.05) is 32.0 Å². The fourth-order valence-corrected chi connectivity index (χ4v) is 4.71. The van der Waals surface area contributed by atoms with Crippen molar-refractivity contribution in [3.63, 3.8) is 0 Å². The third-order valence-corrected chi connectivity index (χ3v) is 6.91. The lowest BCUT2D eigenvalue weighted by Gasteiger charge is -2.25. The first-order valence-corrected chi connectivity index (χ1v) is 13.0. The molecule has 0 saturated heterocycles. The minimum absolute atomic E-state index is 0.0240. The maximum absolute atomic E-state index is 13.6. The maximum Gasteiger partial charge on any atom is 0.264 e. The predicted molar refractivity (Wildman–Crippen MR) is 143 cm³/mol. The molecule has 1 amide bonds. The van der Waals surface area contributed by atoms with Gasteiger partial charge in [-0.15, -0.1) is 0 Å². The number of carbonyl (C=O) groups excluding carboxylic acids is 1. The van der Waals surface area contributed by atoms with E-state index in [4.69, 9.17) is 14.2 Å². The van der Waals surface area contributed by atoms with Gasteiger partial charge in [0.25, 0.3) is 15.9 Å². The Bertz CT molecular complexity index is 1310. The lowest BCUT2D eigenvalue weighted by molar-refractivity contribution is -0.119. The molecule has 1 N–H and O–H groups in total. The van der Waals surface area contributed by atoms with Crippen LogP contribution in [0.5, 0.6) is 17.2 Å². The van der Waals surface area contributed by atoms with Gasteiger partial charge < -0.3 is 14.2 Å². The molecule has 0 fully saturated rings. The van der Waals surface area contributed by atoms with Crippen LogP contribution in [-0.4, -0.2) is 47.9 Å². The van der Waals surface area contributed by atoms with E-state index in [0.717, 1.165) is 15.6 Å². The Morgan fingerprint density at radius 3 is 2.27 bits per heavy atom. The Kier molecular flexibility index (Phi) is 9.51. The summed E-state index contributed by atoms with van der Waals surface area (Å²) < 4.78 is 44.4. The van der Waals surface area contributed by atoms with Crippen molar-refractivity contribution >= 4 is 27.8 Å². The summed E-state index contributed by atoms with van der Waals surface area (Å²) >= 11 is 0. The maximum atomic E-state index is 13.6. The van der Waals surface area contributed by atoms with Crippen LogP contribution in [0.3, 0.4) is 0 Å². The van der Waals surface area contributed by atoms with Crippen molar-refractivity contribution in [2.45, 2.75) is 18.7 Å². The zero-order valence-electron chi connectivity index (χ0n) is 21.2. The minimum Gasteiger partial charge on any atom is -0.497 e. The van der Waals surface area contributed by atoms with E-state index in [-0.39, 0.29) is 16.3 Å². The third kappa shape index (κ3) is 7.47. The van der Waals surface area contributed by atoms with Gasteiger partial charge >= 0.3 is 0 Å². The van der Waals surface area contributed by atoms with Gasteiger partial charge in [-0.05, 0) is 60.0 Å². The van der Waals surface area contributed by atoms with Crippen LogP contribution in [0.1, 0.15) is 19.4 Å². The summed E-state index contributed by atoms with van der Waals surface area (Å²) in [6, 6.07) is 19.8. The van der Waals surface area contributed by atoms with Gasteiger partial charge in [0.2, 0.25) is 0 Å². The number of hydrazone groups is 1. The molecule has 0 atom stereocenters. The molecule has 0 aliphatic rings. The van der Waals surface area contributed by atoms with Gasteiger partial charge in [0.15, 0.2) is 0 Å². The molecule has 0 saturated carbocycles. The first-order chi connectivity index (χ1) is 17.7. The van der Waals surface area contributed by atoms with Crippen LogP contribution >= 0.6 is 0 Å². The lowest BCUT2D eigenvalue weighted by atomic mass is 10.2. The number of rotatable bonds is 12. The SMILES string of the molecule is COc1ccc(OC)c(N(CC(=O)N/N=C\c2ccc(OCC(C)C)cc2)S(=O)(=O)c2ccccc2)c1. The molecule has 0 bridgehead atoms. The highest BCUT2D eigenvalue weighted by Gasteiger charge is 2.29. The van der Waals surface area contributed by atoms with Crippen LogP contribution in [-0.2, 0) is 14.8 Å². The summed E-state index contributed by atoms with van der Waals surface area (Å²) in [4.78, 5) is 12.9. The molecule has 3 aromatic carbocycles. The molecular weight excluding hydrogens is 494 g/mol. The Balaban J connectivity index is 1.81. The van der Waals surface area contributed by atoms with Gasteiger partial charge in [-0.25, -0.2) is 13.8 Å². The number of methoxy groups -OCH3 is 2. The van der Waals surface area contributed by atoms with Crippen molar-refractivity contribution in [2.75, 3.05) is 31.7 Å². The Morgan fingerprint density at radius 1 is 0.973 bits per heavy atom. The summed E-state index contributed by atoms with van der Waals surface area (Å²) in [6.45, 7) is 4.21. The number of carbonyl (C=O) groups is 1. The molecule has 3 aromatic rings. The average Bonchev–Trinajstić information content (AvgIpc) is 2.91. The number of nitrogens with zero attached hydrogens (tertiary/aromatic N) is 2. The quantitative estimate of drug-likeness (QED) is 0.282. The molecule has 0 radical (unpaired) electrons. The highest BCUT2D eigenvalue weighted by atomic mass is 32.2. The molecule has 196 valence electrons. The fourth-order valence-electron chi connectivity index (χ4n) is 3.27. The average molecular weight is 526 g/mol. The lowest BCUT2D eigenvalue weighted by Crippen LogP contribution is -2.39. The number of anilines is 1. The molecule has 9 nitrogen and oxygen atoms in total. The van der Waals surface area contributed by atoms with Crippen LogP contribution in [0.4, 0.5) is 5.69 Å². The molecule has 0 heterocycles. The van der Waals surface area contributed by atoms with Gasteiger partial charge in [0.1, 0.15) is 23.8 Å². The van der Waals surface area contributed by atoms with E-state index in [1.165, 1.54) is 38.6 Å². The van der Waals surface area contributed by atoms with E-state index < -0.39 is 22.5 Å². The van der Waals surface area contributed by atoms with E-state index in [9.17, 15) is 13.2 Å². The minimum atomic E-state index is -4.13. The van der Waals surface area contributed by atoms with Crippen molar-refractivity contribution in [1.29, 1.82) is 0 Å². The highest BCUT2D eigenvalue weighted by Crippen LogP contribution is 2.35. The third-order valence-electron chi connectivity index (χ3n) is 5.14. The van der Waals surface area contributed by atoms with Crippen LogP contribution < -0.4 is 23.9 Å². The number of nitrogens with one attached hydrogen (secondary N) is 1. The normalized spacial score (nSPS) is 11.4. The van der Waals surface area contributed by atoms with E-state index in [1.54, 1.807) is 42.5 Å². The molecule has 0 aromatic heterocycles. The van der Waals surface area contributed by atoms with E-state index in [0.29, 0.717) is 18.3 Å². The van der Waals surface area contributed by atoms with Crippen LogP contribution in [0.15, 0.2) is 82.8 Å². The smallest absolute Gasteiger partial charge is 0.264 e. The summed E-state index contributed by atoms with van der Waals surface area (Å²) in [7, 11) is -1.25. The Morgan fingerprint density at radius 2 is 1.65 bits per heavy atom. The second-order valence-electron chi connectivity index (χ2n) is 8.43.